The Labute approximate surface area is 228 Å². The Morgan fingerprint density at radius 1 is 0.838 bits per heavy atom. The Morgan fingerprint density at radius 2 is 1.43 bits per heavy atom. The van der Waals surface area contributed by atoms with Crippen molar-refractivity contribution in [3.05, 3.63) is 68.8 Å². The van der Waals surface area contributed by atoms with Crippen LogP contribution in [-0.4, -0.2) is 64.2 Å². The monoisotopic (exact) mass is 687 g/mol. The van der Waals surface area contributed by atoms with Crippen molar-refractivity contribution in [1.82, 2.24) is 39.0 Å². The summed E-state index contributed by atoms with van der Waals surface area (Å²) >= 11 is 0. The van der Waals surface area contributed by atoms with E-state index < -0.39 is 0 Å². The van der Waals surface area contributed by atoms with Gasteiger partial charge in [-0.1, -0.05) is 44.6 Å². The standard InChI is InChI=1S/C12H20N2.2C6H6N4O.Pt/c1-3-9-13-11(5-1)7-8-12-6-2-4-10-14-12;2*1-10-3-9-4-5(10)7-2-8-6(4)11;/h1,3,11-12H,2,4-10H2;2*2-3H,1H3,(H,7,8,11);/q-2;;;+2. The third kappa shape index (κ3) is 7.77. The van der Waals surface area contributed by atoms with Crippen LogP contribution in [0.25, 0.3) is 33.0 Å². The number of nitrogens with zero attached hydrogens (tertiary/aromatic N) is 8. The maximum atomic E-state index is 11.0. The third-order valence-corrected chi connectivity index (χ3v) is 6.22. The van der Waals surface area contributed by atoms with Crippen molar-refractivity contribution in [3.8, 4) is 0 Å². The molecule has 0 saturated carbocycles. The van der Waals surface area contributed by atoms with Crippen LogP contribution >= 0.6 is 0 Å². The molecule has 2 aliphatic heterocycles. The second kappa shape index (κ2) is 14.1. The van der Waals surface area contributed by atoms with E-state index in [0.29, 0.717) is 34.4 Å². The molecule has 0 spiro atoms. The topological polar surface area (TPSA) is 155 Å². The molecule has 6 heterocycles. The zero-order chi connectivity index (χ0) is 25.3. The van der Waals surface area contributed by atoms with Gasteiger partial charge >= 0.3 is 21.1 Å². The molecule has 2 atom stereocenters. The molecule has 4 aromatic rings. The van der Waals surface area contributed by atoms with Crippen molar-refractivity contribution in [2.75, 3.05) is 13.1 Å². The van der Waals surface area contributed by atoms with Gasteiger partial charge in [-0.15, -0.1) is 31.2 Å². The van der Waals surface area contributed by atoms with Crippen LogP contribution in [0, 0.1) is 0 Å². The number of aryl methyl sites for hydroxylation is 2. The van der Waals surface area contributed by atoms with Gasteiger partial charge in [0, 0.05) is 14.1 Å². The molecule has 2 N–H and O–H groups in total. The van der Waals surface area contributed by atoms with Gasteiger partial charge in [-0.3, -0.25) is 9.59 Å². The van der Waals surface area contributed by atoms with Crippen molar-refractivity contribution in [2.24, 2.45) is 14.1 Å². The molecule has 0 radical (unpaired) electrons. The Hall–Kier alpha value is -2.95. The van der Waals surface area contributed by atoms with Gasteiger partial charge in [0.05, 0.1) is 25.3 Å². The number of hydrogen-bond acceptors (Lipinski definition) is 6. The van der Waals surface area contributed by atoms with Gasteiger partial charge in [-0.2, -0.15) is 0 Å². The van der Waals surface area contributed by atoms with Crippen LogP contribution in [0.15, 0.2) is 47.1 Å². The number of H-pyrrole nitrogens is 2. The summed E-state index contributed by atoms with van der Waals surface area (Å²) in [5.74, 6) is 0. The second-order valence-corrected chi connectivity index (χ2v) is 8.88. The molecule has 1 saturated heterocycles. The number of rotatable bonds is 3. The minimum atomic E-state index is -0.199. The van der Waals surface area contributed by atoms with Gasteiger partial charge in [0.25, 0.3) is 11.1 Å². The molecule has 13 heteroatoms. The van der Waals surface area contributed by atoms with E-state index in [1.165, 1.54) is 44.8 Å². The SMILES string of the molecule is C1=CCC(CCC2CCCC[N-]2)[N-]C1.Cn1cnc2c(=O)[nH]cnc21.Cn1cnc2c(=O)[nH]cnc21.[Pt+2]. The minimum absolute atomic E-state index is 0. The summed E-state index contributed by atoms with van der Waals surface area (Å²) in [6.45, 7) is 2.04. The molecular formula is C24H32N10O2Pt. The number of hydrogen-bond donors (Lipinski definition) is 2. The Morgan fingerprint density at radius 3 is 1.92 bits per heavy atom. The van der Waals surface area contributed by atoms with E-state index >= 15 is 0 Å². The summed E-state index contributed by atoms with van der Waals surface area (Å²) < 4.78 is 3.40. The molecule has 37 heavy (non-hydrogen) atoms. The molecule has 4 aromatic heterocycles. The fourth-order valence-corrected chi connectivity index (χ4v) is 4.21. The van der Waals surface area contributed by atoms with Gasteiger partial charge in [0.15, 0.2) is 22.3 Å². The Kier molecular flexibility index (Phi) is 10.9. The molecule has 0 aliphatic carbocycles. The first-order chi connectivity index (χ1) is 17.5. The molecule has 0 aromatic carbocycles. The fourth-order valence-electron chi connectivity index (χ4n) is 4.21. The van der Waals surface area contributed by atoms with Gasteiger partial charge < -0.3 is 29.7 Å². The van der Waals surface area contributed by atoms with E-state index in [9.17, 15) is 9.59 Å². The zero-order valence-corrected chi connectivity index (χ0v) is 23.3. The maximum absolute atomic E-state index is 11.0. The van der Waals surface area contributed by atoms with Crippen LogP contribution in [0.2, 0.25) is 0 Å². The van der Waals surface area contributed by atoms with Gasteiger partial charge in [0.1, 0.15) is 0 Å². The van der Waals surface area contributed by atoms with Crippen LogP contribution < -0.4 is 11.1 Å². The average molecular weight is 688 g/mol. The van der Waals surface area contributed by atoms with E-state index in [2.05, 4.69) is 52.7 Å². The molecule has 200 valence electrons. The van der Waals surface area contributed by atoms with Crippen LogP contribution in [0.5, 0.6) is 0 Å². The quantitative estimate of drug-likeness (QED) is 0.316. The van der Waals surface area contributed by atoms with Crippen molar-refractivity contribution in [1.29, 1.82) is 0 Å². The van der Waals surface area contributed by atoms with Crippen LogP contribution in [-0.2, 0) is 35.2 Å². The Bertz CT molecular complexity index is 1310. The predicted molar refractivity (Wildman–Crippen MR) is 139 cm³/mol. The number of aromatic nitrogens is 8. The van der Waals surface area contributed by atoms with Crippen molar-refractivity contribution >= 4 is 22.3 Å². The number of aromatic amines is 2. The first-order valence-electron chi connectivity index (χ1n) is 12.2. The first-order valence-corrected chi connectivity index (χ1v) is 12.2. The predicted octanol–water partition coefficient (Wildman–Crippen LogP) is 2.71. The molecule has 0 amide bonds. The summed E-state index contributed by atoms with van der Waals surface area (Å²) in [5, 5.41) is 9.24. The fraction of sp³-hybridized carbons (Fsp3) is 0.500. The smallest absolute Gasteiger partial charge is 0.660 e. The van der Waals surface area contributed by atoms with Crippen LogP contribution in [0.1, 0.15) is 38.5 Å². The number of nitrogens with one attached hydrogen (secondary N) is 2. The number of imidazole rings is 2. The van der Waals surface area contributed by atoms with E-state index in [1.54, 1.807) is 35.9 Å². The Balaban J connectivity index is 0.000000154. The molecule has 0 bridgehead atoms. The molecule has 6 rings (SSSR count). The maximum Gasteiger partial charge on any atom is 2.00 e. The molecule has 1 fully saturated rings. The van der Waals surface area contributed by atoms with E-state index in [4.69, 9.17) is 0 Å². The molecular weight excluding hydrogens is 655 g/mol. The summed E-state index contributed by atoms with van der Waals surface area (Å²) in [6.07, 6.45) is 18.0. The summed E-state index contributed by atoms with van der Waals surface area (Å²) in [5.41, 5.74) is 1.58. The van der Waals surface area contributed by atoms with Gasteiger partial charge in [-0.25, -0.2) is 19.9 Å². The largest absolute Gasteiger partial charge is 2.00 e. The van der Waals surface area contributed by atoms with E-state index in [0.717, 1.165) is 19.5 Å². The number of piperidine rings is 1. The van der Waals surface area contributed by atoms with Crippen LogP contribution in [0.3, 0.4) is 0 Å². The van der Waals surface area contributed by atoms with E-state index in [1.807, 2.05) is 0 Å². The van der Waals surface area contributed by atoms with Gasteiger partial charge in [0.2, 0.25) is 0 Å². The minimum Gasteiger partial charge on any atom is -0.660 e. The van der Waals surface area contributed by atoms with Crippen molar-refractivity contribution in [3.63, 3.8) is 0 Å². The normalized spacial score (nSPS) is 18.9. The average Bonchev–Trinajstić information content (AvgIpc) is 3.49. The first kappa shape index (κ1) is 28.6. The van der Waals surface area contributed by atoms with Crippen LogP contribution in [0.4, 0.5) is 0 Å². The van der Waals surface area contributed by atoms with Gasteiger partial charge in [-0.05, 0) is 0 Å². The molecule has 2 aliphatic rings. The van der Waals surface area contributed by atoms with E-state index in [-0.39, 0.29) is 32.2 Å². The summed E-state index contributed by atoms with van der Waals surface area (Å²) in [7, 11) is 3.59. The van der Waals surface area contributed by atoms with Crippen molar-refractivity contribution in [2.45, 2.75) is 50.6 Å². The summed E-state index contributed by atoms with van der Waals surface area (Å²) in [4.78, 5) is 42.6. The number of fused-ring (bicyclic) bond motifs is 2. The zero-order valence-electron chi connectivity index (χ0n) is 21.0. The third-order valence-electron chi connectivity index (χ3n) is 6.22. The molecule has 2 unspecified atom stereocenters. The summed E-state index contributed by atoms with van der Waals surface area (Å²) in [6, 6.07) is 1.25. The van der Waals surface area contributed by atoms with Crippen molar-refractivity contribution < 1.29 is 21.1 Å². The second-order valence-electron chi connectivity index (χ2n) is 8.88. The molecule has 12 nitrogen and oxygen atoms in total.